The molecule has 0 unspecified atom stereocenters. The molecule has 1 fully saturated rings. The van der Waals surface area contributed by atoms with Crippen molar-refractivity contribution in [3.8, 4) is 0 Å². The minimum Gasteiger partial charge on any atom is -0.444 e. The minimum absolute atomic E-state index is 0.0248. The van der Waals surface area contributed by atoms with Gasteiger partial charge < -0.3 is 14.5 Å². The van der Waals surface area contributed by atoms with Gasteiger partial charge in [0, 0.05) is 36.9 Å². The van der Waals surface area contributed by atoms with Crippen molar-refractivity contribution < 1.29 is 23.1 Å². The molecule has 0 spiro atoms. The monoisotopic (exact) mass is 414 g/mol. The van der Waals surface area contributed by atoms with E-state index in [-0.39, 0.29) is 24.5 Å². The summed E-state index contributed by atoms with van der Waals surface area (Å²) in [4.78, 5) is 28.8. The number of carbonyl (C=O) groups excluding carboxylic acids is 2. The number of carbonyl (C=O) groups is 2. The van der Waals surface area contributed by atoms with E-state index >= 15 is 0 Å². The SMILES string of the molecule is CCC[C@@H]1CN(C(=O)OC(C)(C)C)CCN1C(=O)Cc1c(C)nn(C(F)F)c1C. The fraction of sp³-hybridized carbons (Fsp3) is 0.750. The number of piperazine rings is 1. The summed E-state index contributed by atoms with van der Waals surface area (Å²) in [6.07, 6.45) is 1.25. The average Bonchev–Trinajstić information content (AvgIpc) is 2.88. The van der Waals surface area contributed by atoms with Crippen LogP contribution in [0.5, 0.6) is 0 Å². The van der Waals surface area contributed by atoms with Crippen LogP contribution >= 0.6 is 0 Å². The Kier molecular flexibility index (Phi) is 7.24. The van der Waals surface area contributed by atoms with E-state index in [2.05, 4.69) is 5.10 Å². The van der Waals surface area contributed by atoms with Crippen LogP contribution in [-0.4, -0.2) is 62.9 Å². The molecular formula is C20H32F2N4O3. The normalized spacial score (nSPS) is 17.8. The van der Waals surface area contributed by atoms with Crippen LogP contribution in [-0.2, 0) is 16.0 Å². The van der Waals surface area contributed by atoms with Crippen molar-refractivity contribution in [3.05, 3.63) is 17.0 Å². The predicted octanol–water partition coefficient (Wildman–Crippen LogP) is 3.69. The van der Waals surface area contributed by atoms with Crippen molar-refractivity contribution in [1.29, 1.82) is 0 Å². The predicted molar refractivity (Wildman–Crippen MR) is 105 cm³/mol. The number of halogens is 2. The summed E-state index contributed by atoms with van der Waals surface area (Å²) in [5, 5.41) is 3.86. The summed E-state index contributed by atoms with van der Waals surface area (Å²) >= 11 is 0. The lowest BCUT2D eigenvalue weighted by atomic mass is 10.0. The van der Waals surface area contributed by atoms with Gasteiger partial charge in [0.25, 0.3) is 0 Å². The van der Waals surface area contributed by atoms with E-state index < -0.39 is 12.2 Å². The summed E-state index contributed by atoms with van der Waals surface area (Å²) in [5.41, 5.74) is 0.713. The number of hydrogen-bond acceptors (Lipinski definition) is 4. The molecule has 164 valence electrons. The first-order valence-corrected chi connectivity index (χ1v) is 10.0. The Morgan fingerprint density at radius 1 is 1.24 bits per heavy atom. The second kappa shape index (κ2) is 9.09. The van der Waals surface area contributed by atoms with Gasteiger partial charge in [-0.05, 0) is 41.0 Å². The van der Waals surface area contributed by atoms with Crippen LogP contribution in [0.2, 0.25) is 0 Å². The molecule has 0 aliphatic carbocycles. The first kappa shape index (κ1) is 23.1. The first-order chi connectivity index (χ1) is 13.4. The number of ether oxygens (including phenoxy) is 1. The van der Waals surface area contributed by atoms with Crippen LogP contribution in [0.15, 0.2) is 0 Å². The van der Waals surface area contributed by atoms with Gasteiger partial charge in [-0.3, -0.25) is 4.79 Å². The molecule has 0 saturated carbocycles. The third kappa shape index (κ3) is 5.67. The Balaban J connectivity index is 2.12. The van der Waals surface area contributed by atoms with E-state index in [1.807, 2.05) is 27.7 Å². The largest absolute Gasteiger partial charge is 0.444 e. The fourth-order valence-electron chi connectivity index (χ4n) is 3.65. The molecule has 29 heavy (non-hydrogen) atoms. The summed E-state index contributed by atoms with van der Waals surface area (Å²) in [6, 6.07) is -0.125. The standard InChI is InChI=1S/C20H32F2N4O3/c1-7-8-15-12-24(19(28)29-20(4,5)6)9-10-25(15)17(27)11-16-13(2)23-26(14(16)3)18(21)22/h15,18H,7-12H2,1-6H3/t15-/m1/s1. The quantitative estimate of drug-likeness (QED) is 0.737. The first-order valence-electron chi connectivity index (χ1n) is 10.0. The average molecular weight is 414 g/mol. The molecule has 0 N–H and O–H groups in total. The number of hydrogen-bond donors (Lipinski definition) is 0. The number of aryl methyl sites for hydroxylation is 1. The smallest absolute Gasteiger partial charge is 0.410 e. The van der Waals surface area contributed by atoms with Crippen molar-refractivity contribution >= 4 is 12.0 Å². The van der Waals surface area contributed by atoms with Gasteiger partial charge in [0.1, 0.15) is 5.60 Å². The third-order valence-corrected chi connectivity index (χ3v) is 5.06. The van der Waals surface area contributed by atoms with Gasteiger partial charge in [-0.2, -0.15) is 13.9 Å². The van der Waals surface area contributed by atoms with Crippen molar-refractivity contribution in [2.45, 2.75) is 79.0 Å². The molecule has 2 heterocycles. The third-order valence-electron chi connectivity index (χ3n) is 5.06. The zero-order chi connectivity index (χ0) is 21.9. The highest BCUT2D eigenvalue weighted by Gasteiger charge is 2.34. The summed E-state index contributed by atoms with van der Waals surface area (Å²) in [5.74, 6) is -0.132. The molecule has 7 nitrogen and oxygen atoms in total. The van der Waals surface area contributed by atoms with Crippen LogP contribution in [0, 0.1) is 13.8 Å². The van der Waals surface area contributed by atoms with Crippen LogP contribution in [0.4, 0.5) is 13.6 Å². The van der Waals surface area contributed by atoms with E-state index in [4.69, 9.17) is 4.74 Å². The Labute approximate surface area is 171 Å². The molecule has 1 saturated heterocycles. The molecule has 0 radical (unpaired) electrons. The maximum Gasteiger partial charge on any atom is 0.410 e. The molecule has 1 aliphatic rings. The van der Waals surface area contributed by atoms with Gasteiger partial charge in [0.15, 0.2) is 0 Å². The number of rotatable bonds is 5. The fourth-order valence-corrected chi connectivity index (χ4v) is 3.65. The van der Waals surface area contributed by atoms with Crippen molar-refractivity contribution in [3.63, 3.8) is 0 Å². The topological polar surface area (TPSA) is 67.7 Å². The van der Waals surface area contributed by atoms with E-state index in [1.54, 1.807) is 23.6 Å². The number of aromatic nitrogens is 2. The molecule has 0 aromatic carbocycles. The maximum absolute atomic E-state index is 13.1. The maximum atomic E-state index is 13.1. The van der Waals surface area contributed by atoms with Gasteiger partial charge >= 0.3 is 12.6 Å². The van der Waals surface area contributed by atoms with E-state index in [0.717, 1.165) is 12.8 Å². The lowest BCUT2D eigenvalue weighted by Crippen LogP contribution is -2.57. The zero-order valence-electron chi connectivity index (χ0n) is 18.2. The summed E-state index contributed by atoms with van der Waals surface area (Å²) in [7, 11) is 0. The number of nitrogens with zero attached hydrogens (tertiary/aromatic N) is 4. The molecule has 1 aromatic heterocycles. The van der Waals surface area contributed by atoms with E-state index in [0.29, 0.717) is 41.3 Å². The second-order valence-electron chi connectivity index (χ2n) is 8.50. The highest BCUT2D eigenvalue weighted by atomic mass is 19.3. The summed E-state index contributed by atoms with van der Waals surface area (Å²) < 4.78 is 32.2. The Morgan fingerprint density at radius 3 is 2.41 bits per heavy atom. The molecule has 1 atom stereocenters. The van der Waals surface area contributed by atoms with Crippen LogP contribution in [0.1, 0.15) is 64.0 Å². The lowest BCUT2D eigenvalue weighted by Gasteiger charge is -2.41. The second-order valence-corrected chi connectivity index (χ2v) is 8.50. The van der Waals surface area contributed by atoms with Crippen LogP contribution < -0.4 is 0 Å². The van der Waals surface area contributed by atoms with Gasteiger partial charge in [0.2, 0.25) is 5.91 Å². The van der Waals surface area contributed by atoms with Gasteiger partial charge in [-0.25, -0.2) is 9.48 Å². The highest BCUT2D eigenvalue weighted by Crippen LogP contribution is 2.23. The van der Waals surface area contributed by atoms with Gasteiger partial charge in [-0.15, -0.1) is 0 Å². The molecule has 9 heteroatoms. The number of amides is 2. The molecular weight excluding hydrogens is 382 g/mol. The molecule has 1 aromatic rings. The Morgan fingerprint density at radius 2 is 1.90 bits per heavy atom. The van der Waals surface area contributed by atoms with E-state index in [9.17, 15) is 18.4 Å². The van der Waals surface area contributed by atoms with Crippen LogP contribution in [0.25, 0.3) is 0 Å². The van der Waals surface area contributed by atoms with Crippen molar-refractivity contribution in [2.24, 2.45) is 0 Å². The molecule has 0 bridgehead atoms. The summed E-state index contributed by atoms with van der Waals surface area (Å²) in [6.45, 7) is 9.12. The molecule has 1 aliphatic heterocycles. The van der Waals surface area contributed by atoms with Crippen LogP contribution in [0.3, 0.4) is 0 Å². The van der Waals surface area contributed by atoms with E-state index in [1.165, 1.54) is 0 Å². The highest BCUT2D eigenvalue weighted by molar-refractivity contribution is 5.80. The molecule has 2 rings (SSSR count). The van der Waals surface area contributed by atoms with Crippen molar-refractivity contribution in [1.82, 2.24) is 19.6 Å². The molecule has 2 amide bonds. The Bertz CT molecular complexity index is 743. The van der Waals surface area contributed by atoms with Gasteiger partial charge in [0.05, 0.1) is 12.1 Å². The van der Waals surface area contributed by atoms with Gasteiger partial charge in [-0.1, -0.05) is 13.3 Å². The minimum atomic E-state index is -2.73. The van der Waals surface area contributed by atoms with Crippen molar-refractivity contribution in [2.75, 3.05) is 19.6 Å². The Hall–Kier alpha value is -2.19. The lowest BCUT2D eigenvalue weighted by molar-refractivity contribution is -0.135. The number of alkyl halides is 2. The zero-order valence-corrected chi connectivity index (χ0v) is 18.2.